The van der Waals surface area contributed by atoms with Crippen LogP contribution in [-0.4, -0.2) is 24.9 Å². The maximum atomic E-state index is 12.0. The lowest BCUT2D eigenvalue weighted by Gasteiger charge is -2.14. The number of nitrogens with zero attached hydrogens (tertiary/aromatic N) is 1. The Labute approximate surface area is 111 Å². The van der Waals surface area contributed by atoms with E-state index < -0.39 is 0 Å². The summed E-state index contributed by atoms with van der Waals surface area (Å²) in [5.74, 6) is 0.0179. The summed E-state index contributed by atoms with van der Waals surface area (Å²) >= 11 is 1.70. The fourth-order valence-corrected chi connectivity index (χ4v) is 2.30. The van der Waals surface area contributed by atoms with Gasteiger partial charge in [0.15, 0.2) is 0 Å². The van der Waals surface area contributed by atoms with Gasteiger partial charge in [-0.25, -0.2) is 0 Å². The smallest absolute Gasteiger partial charge is 0.255 e. The van der Waals surface area contributed by atoms with Crippen LogP contribution in [0.25, 0.3) is 0 Å². The second-order valence-electron chi connectivity index (χ2n) is 4.18. The minimum absolute atomic E-state index is 0.0179. The summed E-state index contributed by atoms with van der Waals surface area (Å²) < 4.78 is 0. The van der Waals surface area contributed by atoms with Gasteiger partial charge in [0.2, 0.25) is 0 Å². The number of carbonyl (C=O) groups excluding carboxylic acids is 1. The van der Waals surface area contributed by atoms with Crippen molar-refractivity contribution in [2.24, 2.45) is 0 Å². The Hall–Kier alpha value is -1.81. The topological polar surface area (TPSA) is 32.3 Å². The third kappa shape index (κ3) is 2.90. The first-order valence-electron chi connectivity index (χ1n) is 5.75. The van der Waals surface area contributed by atoms with Crippen LogP contribution >= 0.6 is 11.3 Å². The fraction of sp³-hybridized carbons (Fsp3) is 0.214. The maximum absolute atomic E-state index is 12.0. The van der Waals surface area contributed by atoms with Gasteiger partial charge in [-0.2, -0.15) is 0 Å². The van der Waals surface area contributed by atoms with E-state index in [1.807, 2.05) is 35.7 Å². The Kier molecular flexibility index (Phi) is 3.99. The summed E-state index contributed by atoms with van der Waals surface area (Å²) in [6, 6.07) is 11.7. The Morgan fingerprint density at radius 2 is 2.00 bits per heavy atom. The number of hydrogen-bond donors (Lipinski definition) is 1. The first-order chi connectivity index (χ1) is 8.68. The van der Waals surface area contributed by atoms with E-state index in [1.54, 1.807) is 30.3 Å². The molecule has 1 aromatic carbocycles. The van der Waals surface area contributed by atoms with Crippen molar-refractivity contribution in [1.82, 2.24) is 4.90 Å². The second-order valence-corrected chi connectivity index (χ2v) is 5.21. The van der Waals surface area contributed by atoms with Gasteiger partial charge in [-0.1, -0.05) is 18.2 Å². The lowest BCUT2D eigenvalue weighted by molar-refractivity contribution is 0.0828. The highest BCUT2D eigenvalue weighted by molar-refractivity contribution is 7.09. The molecule has 4 heteroatoms. The van der Waals surface area contributed by atoms with E-state index in [1.165, 1.54) is 4.88 Å². The highest BCUT2D eigenvalue weighted by Gasteiger charge is 2.12. The van der Waals surface area contributed by atoms with Crippen molar-refractivity contribution in [2.45, 2.75) is 6.54 Å². The van der Waals surface area contributed by atoms with E-state index in [9.17, 15) is 4.79 Å². The molecular weight excluding hydrogens is 244 g/mol. The highest BCUT2D eigenvalue weighted by atomic mass is 32.1. The standard InChI is InChI=1S/C14H16N2OS/c1-16(2)14(17)12-7-3-4-8-13(12)15-10-11-6-5-9-18-11/h3-9,15H,10H2,1-2H3. The predicted molar refractivity (Wildman–Crippen MR) is 76.1 cm³/mol. The number of thiophene rings is 1. The second kappa shape index (κ2) is 5.69. The zero-order valence-corrected chi connectivity index (χ0v) is 11.3. The molecule has 0 radical (unpaired) electrons. The molecular formula is C14H16N2OS. The van der Waals surface area contributed by atoms with E-state index in [0.717, 1.165) is 12.2 Å². The molecule has 2 aromatic rings. The van der Waals surface area contributed by atoms with E-state index in [4.69, 9.17) is 0 Å². The van der Waals surface area contributed by atoms with Crippen LogP contribution in [0, 0.1) is 0 Å². The van der Waals surface area contributed by atoms with Crippen LogP contribution in [-0.2, 0) is 6.54 Å². The van der Waals surface area contributed by atoms with Crippen LogP contribution in [0.5, 0.6) is 0 Å². The molecule has 0 spiro atoms. The van der Waals surface area contributed by atoms with Gasteiger partial charge in [0, 0.05) is 31.2 Å². The Morgan fingerprint density at radius 3 is 2.67 bits per heavy atom. The van der Waals surface area contributed by atoms with Gasteiger partial charge in [-0.3, -0.25) is 4.79 Å². The number of amides is 1. The lowest BCUT2D eigenvalue weighted by atomic mass is 10.1. The minimum atomic E-state index is 0.0179. The normalized spacial score (nSPS) is 10.1. The van der Waals surface area contributed by atoms with Gasteiger partial charge in [0.25, 0.3) is 5.91 Å². The molecule has 0 unspecified atom stereocenters. The summed E-state index contributed by atoms with van der Waals surface area (Å²) in [5, 5.41) is 5.36. The summed E-state index contributed by atoms with van der Waals surface area (Å²) in [6.45, 7) is 0.745. The van der Waals surface area contributed by atoms with Crippen LogP contribution in [0.3, 0.4) is 0 Å². The quantitative estimate of drug-likeness (QED) is 0.916. The molecule has 0 saturated heterocycles. The van der Waals surface area contributed by atoms with Gasteiger partial charge in [0.05, 0.1) is 5.56 Å². The van der Waals surface area contributed by atoms with Crippen molar-refractivity contribution in [3.8, 4) is 0 Å². The minimum Gasteiger partial charge on any atom is -0.380 e. The van der Waals surface area contributed by atoms with Crippen molar-refractivity contribution < 1.29 is 4.79 Å². The van der Waals surface area contributed by atoms with Crippen molar-refractivity contribution in [1.29, 1.82) is 0 Å². The molecule has 94 valence electrons. The Morgan fingerprint density at radius 1 is 1.22 bits per heavy atom. The van der Waals surface area contributed by atoms with Crippen LogP contribution in [0.15, 0.2) is 41.8 Å². The first-order valence-corrected chi connectivity index (χ1v) is 6.63. The van der Waals surface area contributed by atoms with Crippen LogP contribution < -0.4 is 5.32 Å². The summed E-state index contributed by atoms with van der Waals surface area (Å²) in [6.07, 6.45) is 0. The number of hydrogen-bond acceptors (Lipinski definition) is 3. The number of nitrogens with one attached hydrogen (secondary N) is 1. The molecule has 1 amide bonds. The zero-order valence-electron chi connectivity index (χ0n) is 10.5. The van der Waals surface area contributed by atoms with Gasteiger partial charge in [0.1, 0.15) is 0 Å². The predicted octanol–water partition coefficient (Wildman–Crippen LogP) is 3.06. The molecule has 0 aliphatic rings. The fourth-order valence-electron chi connectivity index (χ4n) is 1.66. The third-order valence-electron chi connectivity index (χ3n) is 2.60. The van der Waals surface area contributed by atoms with Crippen molar-refractivity contribution in [3.63, 3.8) is 0 Å². The molecule has 0 aliphatic heterocycles. The molecule has 1 aromatic heterocycles. The molecule has 0 saturated carbocycles. The Bertz CT molecular complexity index is 520. The van der Waals surface area contributed by atoms with Crippen LogP contribution in [0.1, 0.15) is 15.2 Å². The maximum Gasteiger partial charge on any atom is 0.255 e. The lowest BCUT2D eigenvalue weighted by Crippen LogP contribution is -2.22. The van der Waals surface area contributed by atoms with Crippen LogP contribution in [0.4, 0.5) is 5.69 Å². The van der Waals surface area contributed by atoms with E-state index >= 15 is 0 Å². The van der Waals surface area contributed by atoms with Crippen molar-refractivity contribution in [2.75, 3.05) is 19.4 Å². The molecule has 1 N–H and O–H groups in total. The molecule has 0 atom stereocenters. The SMILES string of the molecule is CN(C)C(=O)c1ccccc1NCc1cccs1. The molecule has 18 heavy (non-hydrogen) atoms. The van der Waals surface area contributed by atoms with Gasteiger partial charge in [-0.05, 0) is 23.6 Å². The molecule has 0 fully saturated rings. The van der Waals surface area contributed by atoms with Crippen LogP contribution in [0.2, 0.25) is 0 Å². The van der Waals surface area contributed by atoms with E-state index in [2.05, 4.69) is 11.4 Å². The Balaban J connectivity index is 2.15. The number of para-hydroxylation sites is 1. The van der Waals surface area contributed by atoms with Crippen molar-refractivity contribution >= 4 is 22.9 Å². The number of anilines is 1. The molecule has 0 aliphatic carbocycles. The van der Waals surface area contributed by atoms with Gasteiger partial charge in [-0.15, -0.1) is 11.3 Å². The number of rotatable bonds is 4. The highest BCUT2D eigenvalue weighted by Crippen LogP contribution is 2.18. The molecule has 1 heterocycles. The molecule has 0 bridgehead atoms. The molecule has 2 rings (SSSR count). The van der Waals surface area contributed by atoms with Crippen molar-refractivity contribution in [3.05, 3.63) is 52.2 Å². The zero-order chi connectivity index (χ0) is 13.0. The number of carbonyl (C=O) groups is 1. The number of benzene rings is 1. The average molecular weight is 260 g/mol. The largest absolute Gasteiger partial charge is 0.380 e. The first kappa shape index (κ1) is 12.6. The summed E-state index contributed by atoms with van der Waals surface area (Å²) in [7, 11) is 3.52. The summed E-state index contributed by atoms with van der Waals surface area (Å²) in [4.78, 5) is 14.9. The average Bonchev–Trinajstić information content (AvgIpc) is 2.89. The monoisotopic (exact) mass is 260 g/mol. The van der Waals surface area contributed by atoms with E-state index in [-0.39, 0.29) is 5.91 Å². The molecule has 3 nitrogen and oxygen atoms in total. The van der Waals surface area contributed by atoms with Gasteiger partial charge < -0.3 is 10.2 Å². The van der Waals surface area contributed by atoms with E-state index in [0.29, 0.717) is 5.56 Å². The third-order valence-corrected chi connectivity index (χ3v) is 3.47. The summed E-state index contributed by atoms with van der Waals surface area (Å²) in [5.41, 5.74) is 1.59. The van der Waals surface area contributed by atoms with Gasteiger partial charge >= 0.3 is 0 Å².